The first-order chi connectivity index (χ1) is 8.12. The molecule has 0 saturated carbocycles. The quantitative estimate of drug-likeness (QED) is 0.492. The van der Waals surface area contributed by atoms with Crippen LogP contribution in [-0.4, -0.2) is 40.5 Å². The van der Waals surface area contributed by atoms with Gasteiger partial charge in [-0.1, -0.05) is 12.2 Å². The molecule has 0 aromatic rings. The zero-order chi connectivity index (χ0) is 14.4. The molecule has 0 aromatic heterocycles. The fraction of sp³-hybridized carbons (Fsp3) is 0.800. The number of rotatable bonds is 8. The molecule has 0 N–H and O–H groups in total. The Morgan fingerprint density at radius 2 is 1.11 bits per heavy atom. The van der Waals surface area contributed by atoms with Crippen LogP contribution >= 0.6 is 0 Å². The van der Waals surface area contributed by atoms with Crippen molar-refractivity contribution >= 4 is 20.2 Å². The van der Waals surface area contributed by atoms with Gasteiger partial charge in [0.15, 0.2) is 0 Å². The van der Waals surface area contributed by atoms with Crippen LogP contribution < -0.4 is 0 Å². The molecule has 0 aromatic carbocycles. The summed E-state index contributed by atoms with van der Waals surface area (Å²) >= 11 is 0. The molecule has 0 radical (unpaired) electrons. The lowest BCUT2D eigenvalue weighted by molar-refractivity contribution is 0.260. The van der Waals surface area contributed by atoms with Crippen molar-refractivity contribution in [3.8, 4) is 0 Å². The Morgan fingerprint density at radius 1 is 0.833 bits per heavy atom. The molecule has 0 aliphatic rings. The van der Waals surface area contributed by atoms with E-state index in [-0.39, 0.29) is 11.5 Å². The summed E-state index contributed by atoms with van der Waals surface area (Å²) in [4.78, 5) is 0. The molecular formula is C10H20O6S2. The Labute approximate surface area is 109 Å². The van der Waals surface area contributed by atoms with E-state index in [0.29, 0.717) is 0 Å². The van der Waals surface area contributed by atoms with Crippen LogP contribution in [0.3, 0.4) is 0 Å². The van der Waals surface area contributed by atoms with Crippen molar-refractivity contribution in [3.05, 3.63) is 12.2 Å². The summed E-state index contributed by atoms with van der Waals surface area (Å²) in [5, 5.41) is 0. The van der Waals surface area contributed by atoms with Crippen LogP contribution in [0.2, 0.25) is 0 Å². The van der Waals surface area contributed by atoms with Crippen molar-refractivity contribution in [3.63, 3.8) is 0 Å². The minimum Gasteiger partial charge on any atom is -0.263 e. The van der Waals surface area contributed by atoms with E-state index in [2.05, 4.69) is 0 Å². The predicted octanol–water partition coefficient (Wildman–Crippen LogP) is 1.05. The van der Waals surface area contributed by atoms with Crippen molar-refractivity contribution in [1.82, 2.24) is 0 Å². The van der Waals surface area contributed by atoms with Crippen LogP contribution in [0.15, 0.2) is 12.2 Å². The first-order valence-corrected chi connectivity index (χ1v) is 8.77. The molecule has 0 rings (SSSR count). The molecule has 108 valence electrons. The van der Waals surface area contributed by atoms with Crippen LogP contribution in [0.25, 0.3) is 0 Å². The maximum atomic E-state index is 11.1. The van der Waals surface area contributed by atoms with Gasteiger partial charge in [-0.2, -0.15) is 16.8 Å². The highest BCUT2D eigenvalue weighted by Crippen LogP contribution is 2.05. The molecule has 0 fully saturated rings. The average molecular weight is 300 g/mol. The Balaban J connectivity index is 4.40. The Kier molecular flexibility index (Phi) is 7.05. The van der Waals surface area contributed by atoms with Crippen molar-refractivity contribution in [1.29, 1.82) is 0 Å². The van der Waals surface area contributed by atoms with Gasteiger partial charge in [-0.15, -0.1) is 0 Å². The summed E-state index contributed by atoms with van der Waals surface area (Å²) in [7, 11) is -7.03. The van der Waals surface area contributed by atoms with Gasteiger partial charge in [-0.3, -0.25) is 8.37 Å². The van der Waals surface area contributed by atoms with E-state index < -0.39 is 32.4 Å². The van der Waals surface area contributed by atoms with Gasteiger partial charge in [0.1, 0.15) is 0 Å². The molecule has 6 nitrogen and oxygen atoms in total. The summed E-state index contributed by atoms with van der Waals surface area (Å²) in [5.41, 5.74) is 0. The van der Waals surface area contributed by atoms with Gasteiger partial charge in [-0.05, 0) is 27.7 Å². The normalized spacial score (nSPS) is 16.9. The van der Waals surface area contributed by atoms with Crippen LogP contribution in [0.5, 0.6) is 0 Å². The third-order valence-electron chi connectivity index (χ3n) is 1.96. The van der Waals surface area contributed by atoms with E-state index in [9.17, 15) is 16.8 Å². The summed E-state index contributed by atoms with van der Waals surface area (Å²) < 4.78 is 54.1. The van der Waals surface area contributed by atoms with E-state index in [1.54, 1.807) is 13.8 Å². The van der Waals surface area contributed by atoms with Crippen molar-refractivity contribution in [2.24, 2.45) is 0 Å². The van der Waals surface area contributed by atoms with Gasteiger partial charge in [0, 0.05) is 0 Å². The molecule has 0 amide bonds. The molecule has 0 saturated heterocycles. The molecule has 0 bridgehead atoms. The van der Waals surface area contributed by atoms with E-state index in [1.165, 1.54) is 26.0 Å². The van der Waals surface area contributed by atoms with Crippen LogP contribution in [0, 0.1) is 0 Å². The van der Waals surface area contributed by atoms with Crippen molar-refractivity contribution in [2.45, 2.75) is 39.9 Å². The SMILES string of the molecule is CCS(=O)(=O)OC(C)C=CC(C)OS(=O)(=O)CC. The van der Waals surface area contributed by atoms with Crippen molar-refractivity contribution < 1.29 is 25.2 Å². The van der Waals surface area contributed by atoms with Gasteiger partial charge in [0.05, 0.1) is 23.7 Å². The molecule has 0 aliphatic heterocycles. The smallest absolute Gasteiger partial charge is 0.263 e. The highest BCUT2D eigenvalue weighted by Gasteiger charge is 2.13. The van der Waals surface area contributed by atoms with Crippen LogP contribution in [0.4, 0.5) is 0 Å². The third kappa shape index (κ3) is 7.80. The lowest BCUT2D eigenvalue weighted by atomic mass is 10.3. The lowest BCUT2D eigenvalue weighted by Crippen LogP contribution is -2.17. The summed E-state index contributed by atoms with van der Waals surface area (Å²) in [5.74, 6) is -0.219. The van der Waals surface area contributed by atoms with Gasteiger partial charge < -0.3 is 0 Å². The summed E-state index contributed by atoms with van der Waals surface area (Å²) in [6.07, 6.45) is 1.57. The molecule has 0 spiro atoms. The van der Waals surface area contributed by atoms with E-state index >= 15 is 0 Å². The monoisotopic (exact) mass is 300 g/mol. The molecule has 0 aliphatic carbocycles. The number of hydrogen-bond donors (Lipinski definition) is 0. The van der Waals surface area contributed by atoms with E-state index in [4.69, 9.17) is 8.37 Å². The topological polar surface area (TPSA) is 86.7 Å². The molecule has 0 heterocycles. The first-order valence-electron chi connectivity index (χ1n) is 5.62. The van der Waals surface area contributed by atoms with Crippen molar-refractivity contribution in [2.75, 3.05) is 11.5 Å². The van der Waals surface area contributed by atoms with Crippen LogP contribution in [-0.2, 0) is 28.6 Å². The molecular weight excluding hydrogens is 280 g/mol. The Morgan fingerprint density at radius 3 is 1.33 bits per heavy atom. The average Bonchev–Trinajstić information content (AvgIpc) is 2.25. The zero-order valence-electron chi connectivity index (χ0n) is 11.0. The number of hydrogen-bond acceptors (Lipinski definition) is 6. The van der Waals surface area contributed by atoms with E-state index in [0.717, 1.165) is 0 Å². The molecule has 2 atom stereocenters. The maximum Gasteiger partial charge on any atom is 0.267 e. The highest BCUT2D eigenvalue weighted by atomic mass is 32.2. The van der Waals surface area contributed by atoms with Gasteiger partial charge in [-0.25, -0.2) is 0 Å². The molecule has 18 heavy (non-hydrogen) atoms. The lowest BCUT2D eigenvalue weighted by Gasteiger charge is -2.10. The Bertz CT molecular complexity index is 419. The zero-order valence-corrected chi connectivity index (χ0v) is 12.6. The largest absolute Gasteiger partial charge is 0.267 e. The second kappa shape index (κ2) is 7.22. The predicted molar refractivity (Wildman–Crippen MR) is 69.2 cm³/mol. The highest BCUT2D eigenvalue weighted by molar-refractivity contribution is 7.86. The summed E-state index contributed by atoms with van der Waals surface area (Å²) in [6.45, 7) is 6.05. The minimum absolute atomic E-state index is 0.110. The van der Waals surface area contributed by atoms with Gasteiger partial charge >= 0.3 is 0 Å². The van der Waals surface area contributed by atoms with Gasteiger partial charge in [0.25, 0.3) is 20.2 Å². The van der Waals surface area contributed by atoms with Gasteiger partial charge in [0.2, 0.25) is 0 Å². The molecule has 2 unspecified atom stereocenters. The third-order valence-corrected chi connectivity index (χ3v) is 4.56. The minimum atomic E-state index is -3.52. The Hall–Kier alpha value is -0.440. The fourth-order valence-corrected chi connectivity index (χ4v) is 2.30. The second-order valence-electron chi connectivity index (χ2n) is 3.68. The van der Waals surface area contributed by atoms with E-state index in [1.807, 2.05) is 0 Å². The standard InChI is InChI=1S/C10H20O6S2/c1-5-17(11,12)15-9(3)7-8-10(4)16-18(13,14)6-2/h7-10H,5-6H2,1-4H3. The second-order valence-corrected chi connectivity index (χ2v) is 7.45. The maximum absolute atomic E-state index is 11.1. The first kappa shape index (κ1) is 17.6. The summed E-state index contributed by atoms with van der Waals surface area (Å²) in [6, 6.07) is 0. The molecule has 8 heteroatoms. The fourth-order valence-electron chi connectivity index (χ4n) is 0.976. The van der Waals surface area contributed by atoms with Crippen LogP contribution in [0.1, 0.15) is 27.7 Å².